The highest BCUT2D eigenvalue weighted by atomic mass is 35.5. The highest BCUT2D eigenvalue weighted by Crippen LogP contribution is 2.28. The van der Waals surface area contributed by atoms with E-state index in [0.717, 1.165) is 33.8 Å². The van der Waals surface area contributed by atoms with Crippen LogP contribution in [-0.4, -0.2) is 15.0 Å². The molecular formula is C20H14ClFN4. The summed E-state index contributed by atoms with van der Waals surface area (Å²) < 4.78 is 13.6. The van der Waals surface area contributed by atoms with Gasteiger partial charge in [0.15, 0.2) is 0 Å². The van der Waals surface area contributed by atoms with Gasteiger partial charge in [0.05, 0.1) is 16.2 Å². The van der Waals surface area contributed by atoms with Crippen LogP contribution in [0.25, 0.3) is 22.0 Å². The lowest BCUT2D eigenvalue weighted by molar-refractivity contribution is 0.662. The Bertz CT molecular complexity index is 1070. The van der Waals surface area contributed by atoms with E-state index in [1.54, 1.807) is 6.20 Å². The van der Waals surface area contributed by atoms with Crippen LogP contribution >= 0.6 is 11.6 Å². The number of nitrogens with zero attached hydrogens (tertiary/aromatic N) is 3. The fraction of sp³-hybridized carbons (Fsp3) is 0.0500. The third kappa shape index (κ3) is 3.71. The second-order valence-electron chi connectivity index (χ2n) is 5.40. The first kappa shape index (κ1) is 17.6. The maximum atomic E-state index is 13.6. The molecule has 0 aliphatic rings. The van der Waals surface area contributed by atoms with Gasteiger partial charge in [-0.1, -0.05) is 35.7 Å². The Hall–Kier alpha value is -3.23. The Morgan fingerprint density at radius 1 is 1.27 bits per heavy atom. The minimum absolute atomic E-state index is 0.0456. The van der Waals surface area contributed by atoms with Crippen molar-refractivity contribution in [3.63, 3.8) is 0 Å². The lowest BCUT2D eigenvalue weighted by Gasteiger charge is -2.09. The summed E-state index contributed by atoms with van der Waals surface area (Å²) in [5.74, 6) is 1.86. The van der Waals surface area contributed by atoms with E-state index in [1.807, 2.05) is 30.3 Å². The number of aromatic nitrogens is 3. The standard InChI is InChI=1S/C20H14ClFN4/c1-2-4-17(22)16(21)7-9-18-14(5-3-10-24-18)13-6-8-19-15(11-13)20(23)26-12-25-19/h1,3-8,10-12H,9H2,(H2,23,25,26)/b16-7+,17-4+. The number of nitrogen functional groups attached to an aromatic ring is 1. The highest BCUT2D eigenvalue weighted by Gasteiger charge is 2.09. The molecule has 2 heterocycles. The molecule has 2 aromatic heterocycles. The maximum absolute atomic E-state index is 13.6. The molecule has 3 rings (SSSR count). The van der Waals surface area contributed by atoms with Crippen molar-refractivity contribution in [2.45, 2.75) is 6.42 Å². The summed E-state index contributed by atoms with van der Waals surface area (Å²) in [5.41, 5.74) is 9.25. The molecule has 0 spiro atoms. The molecule has 0 saturated carbocycles. The van der Waals surface area contributed by atoms with E-state index in [9.17, 15) is 4.39 Å². The average Bonchev–Trinajstić information content (AvgIpc) is 2.66. The van der Waals surface area contributed by atoms with Crippen molar-refractivity contribution >= 4 is 28.3 Å². The van der Waals surface area contributed by atoms with Crippen LogP contribution in [0, 0.1) is 12.3 Å². The molecule has 26 heavy (non-hydrogen) atoms. The first-order valence-corrected chi connectivity index (χ1v) is 8.10. The van der Waals surface area contributed by atoms with Crippen molar-refractivity contribution in [1.82, 2.24) is 15.0 Å². The largest absolute Gasteiger partial charge is 0.383 e. The smallest absolute Gasteiger partial charge is 0.149 e. The van der Waals surface area contributed by atoms with Gasteiger partial charge >= 0.3 is 0 Å². The third-order valence-electron chi connectivity index (χ3n) is 3.78. The van der Waals surface area contributed by atoms with Crippen molar-refractivity contribution in [1.29, 1.82) is 0 Å². The molecule has 2 N–H and O–H groups in total. The SMILES string of the molecule is C#C/C=C(F)\C(Cl)=C/Cc1ncccc1-c1ccc2ncnc(N)c2c1. The number of allylic oxidation sites excluding steroid dienone is 4. The van der Waals surface area contributed by atoms with Crippen molar-refractivity contribution in [3.8, 4) is 23.5 Å². The van der Waals surface area contributed by atoms with Gasteiger partial charge in [-0.2, -0.15) is 0 Å². The predicted molar refractivity (Wildman–Crippen MR) is 103 cm³/mol. The zero-order chi connectivity index (χ0) is 18.5. The number of fused-ring (bicyclic) bond motifs is 1. The van der Waals surface area contributed by atoms with Gasteiger partial charge in [-0.05, 0) is 23.8 Å². The van der Waals surface area contributed by atoms with Crippen molar-refractivity contribution < 1.29 is 4.39 Å². The zero-order valence-electron chi connectivity index (χ0n) is 13.7. The summed E-state index contributed by atoms with van der Waals surface area (Å²) >= 11 is 5.92. The minimum Gasteiger partial charge on any atom is -0.383 e. The number of anilines is 1. The van der Waals surface area contributed by atoms with Crippen LogP contribution in [0.4, 0.5) is 10.2 Å². The first-order chi connectivity index (χ1) is 12.6. The van der Waals surface area contributed by atoms with Crippen LogP contribution in [0.2, 0.25) is 0 Å². The molecule has 0 aliphatic heterocycles. The van der Waals surface area contributed by atoms with E-state index in [4.69, 9.17) is 23.8 Å². The van der Waals surface area contributed by atoms with Gasteiger partial charge in [0.25, 0.3) is 0 Å². The van der Waals surface area contributed by atoms with Crippen molar-refractivity contribution in [2.75, 3.05) is 5.73 Å². The van der Waals surface area contributed by atoms with Crippen molar-refractivity contribution in [3.05, 3.63) is 71.6 Å². The molecule has 0 radical (unpaired) electrons. The molecule has 6 heteroatoms. The summed E-state index contributed by atoms with van der Waals surface area (Å²) in [7, 11) is 0. The maximum Gasteiger partial charge on any atom is 0.149 e. The van der Waals surface area contributed by atoms with E-state index in [-0.39, 0.29) is 5.03 Å². The van der Waals surface area contributed by atoms with Gasteiger partial charge in [-0.3, -0.25) is 4.98 Å². The number of terminal acetylenes is 1. The Morgan fingerprint density at radius 2 is 2.12 bits per heavy atom. The summed E-state index contributed by atoms with van der Waals surface area (Å²) in [5, 5.41) is 0.715. The summed E-state index contributed by atoms with van der Waals surface area (Å²) in [4.78, 5) is 12.6. The molecule has 0 amide bonds. The number of halogens is 2. The van der Waals surface area contributed by atoms with E-state index in [1.165, 1.54) is 12.4 Å². The van der Waals surface area contributed by atoms with Gasteiger partial charge in [-0.15, -0.1) is 6.42 Å². The van der Waals surface area contributed by atoms with Gasteiger partial charge in [-0.25, -0.2) is 14.4 Å². The fourth-order valence-electron chi connectivity index (χ4n) is 2.53. The van der Waals surface area contributed by atoms with Gasteiger partial charge in [0.1, 0.15) is 18.0 Å². The average molecular weight is 365 g/mol. The van der Waals surface area contributed by atoms with Crippen LogP contribution in [0.3, 0.4) is 0 Å². The Labute approximate surface area is 155 Å². The monoisotopic (exact) mass is 364 g/mol. The molecular weight excluding hydrogens is 351 g/mol. The van der Waals surface area contributed by atoms with Crippen LogP contribution in [-0.2, 0) is 6.42 Å². The lowest BCUT2D eigenvalue weighted by Crippen LogP contribution is -1.95. The van der Waals surface area contributed by atoms with Gasteiger partial charge in [0.2, 0.25) is 0 Å². The lowest BCUT2D eigenvalue weighted by atomic mass is 10.0. The van der Waals surface area contributed by atoms with E-state index in [0.29, 0.717) is 12.2 Å². The Balaban J connectivity index is 2.00. The second-order valence-corrected chi connectivity index (χ2v) is 5.81. The highest BCUT2D eigenvalue weighted by molar-refractivity contribution is 6.31. The molecule has 0 fully saturated rings. The number of nitrogens with two attached hydrogens (primary N) is 1. The molecule has 128 valence electrons. The summed E-state index contributed by atoms with van der Waals surface area (Å²) in [6.45, 7) is 0. The molecule has 0 atom stereocenters. The predicted octanol–water partition coefficient (Wildman–Crippen LogP) is 4.43. The van der Waals surface area contributed by atoms with E-state index < -0.39 is 5.83 Å². The zero-order valence-corrected chi connectivity index (χ0v) is 14.4. The van der Waals surface area contributed by atoms with Crippen LogP contribution in [0.1, 0.15) is 5.69 Å². The first-order valence-electron chi connectivity index (χ1n) is 7.72. The number of hydrogen-bond acceptors (Lipinski definition) is 4. The Kier molecular flexibility index (Phi) is 5.26. The van der Waals surface area contributed by atoms with Gasteiger partial charge < -0.3 is 5.73 Å². The molecule has 3 aromatic rings. The number of rotatable bonds is 4. The third-order valence-corrected chi connectivity index (χ3v) is 4.12. The summed E-state index contributed by atoms with van der Waals surface area (Å²) in [6, 6.07) is 9.48. The fourth-order valence-corrected chi connectivity index (χ4v) is 2.67. The minimum atomic E-state index is -0.651. The molecule has 1 aromatic carbocycles. The normalized spacial score (nSPS) is 12.2. The van der Waals surface area contributed by atoms with Crippen LogP contribution < -0.4 is 5.73 Å². The van der Waals surface area contributed by atoms with E-state index in [2.05, 4.69) is 20.9 Å². The number of benzene rings is 1. The Morgan fingerprint density at radius 3 is 2.92 bits per heavy atom. The van der Waals surface area contributed by atoms with Crippen LogP contribution in [0.15, 0.2) is 65.9 Å². The molecule has 4 nitrogen and oxygen atoms in total. The number of pyridine rings is 1. The topological polar surface area (TPSA) is 64.7 Å². The van der Waals surface area contributed by atoms with E-state index >= 15 is 0 Å². The van der Waals surface area contributed by atoms with Crippen molar-refractivity contribution in [2.24, 2.45) is 0 Å². The molecule has 0 saturated heterocycles. The molecule has 0 unspecified atom stereocenters. The quantitative estimate of drug-likeness (QED) is 0.549. The van der Waals surface area contributed by atoms with Crippen LogP contribution in [0.5, 0.6) is 0 Å². The molecule has 0 aliphatic carbocycles. The van der Waals surface area contributed by atoms with Gasteiger partial charge in [0, 0.05) is 29.6 Å². The molecule has 0 bridgehead atoms. The summed E-state index contributed by atoms with van der Waals surface area (Å²) in [6.07, 6.45) is 11.0. The number of hydrogen-bond donors (Lipinski definition) is 1. The second kappa shape index (κ2) is 7.77.